The molecule has 2 amide bonds. The maximum Gasteiger partial charge on any atom is 0.253 e. The Labute approximate surface area is 154 Å². The van der Waals surface area contributed by atoms with Crippen molar-refractivity contribution >= 4 is 23.4 Å². The lowest BCUT2D eigenvalue weighted by atomic mass is 9.94. The fourth-order valence-electron chi connectivity index (χ4n) is 3.73. The zero-order valence-corrected chi connectivity index (χ0v) is 15.4. The van der Waals surface area contributed by atoms with Crippen LogP contribution >= 0.6 is 11.6 Å². The number of nitrogens with zero attached hydrogens (tertiary/aromatic N) is 1. The number of amides is 2. The Morgan fingerprint density at radius 3 is 2.72 bits per heavy atom. The van der Waals surface area contributed by atoms with Crippen LogP contribution in [0.1, 0.15) is 43.0 Å². The van der Waals surface area contributed by atoms with E-state index >= 15 is 0 Å². The summed E-state index contributed by atoms with van der Waals surface area (Å²) >= 11 is 5.89. The molecule has 2 aliphatic heterocycles. The highest BCUT2D eigenvalue weighted by Gasteiger charge is 2.30. The molecule has 2 saturated heterocycles. The van der Waals surface area contributed by atoms with E-state index in [2.05, 4.69) is 17.6 Å². The van der Waals surface area contributed by atoms with Gasteiger partial charge in [0.15, 0.2) is 0 Å². The van der Waals surface area contributed by atoms with Crippen LogP contribution in [0.2, 0.25) is 5.02 Å². The molecule has 2 fully saturated rings. The molecule has 1 aromatic rings. The van der Waals surface area contributed by atoms with Gasteiger partial charge in [-0.15, -0.1) is 0 Å². The zero-order valence-electron chi connectivity index (χ0n) is 14.6. The lowest BCUT2D eigenvalue weighted by Crippen LogP contribution is -2.51. The molecule has 136 valence electrons. The van der Waals surface area contributed by atoms with Crippen molar-refractivity contribution in [3.05, 3.63) is 34.9 Å². The first-order valence-electron chi connectivity index (χ1n) is 9.11. The number of carbonyl (C=O) groups excluding carboxylic acids is 2. The van der Waals surface area contributed by atoms with Crippen molar-refractivity contribution in [2.45, 2.75) is 44.7 Å². The molecule has 5 nitrogen and oxygen atoms in total. The molecule has 0 bridgehead atoms. The smallest absolute Gasteiger partial charge is 0.253 e. The summed E-state index contributed by atoms with van der Waals surface area (Å²) in [5.41, 5.74) is 0.623. The topological polar surface area (TPSA) is 61.4 Å². The minimum Gasteiger partial charge on any atom is -0.353 e. The van der Waals surface area contributed by atoms with Crippen LogP contribution in [0.5, 0.6) is 0 Å². The van der Waals surface area contributed by atoms with Crippen LogP contribution in [0, 0.1) is 5.92 Å². The molecule has 2 N–H and O–H groups in total. The average molecular weight is 364 g/mol. The summed E-state index contributed by atoms with van der Waals surface area (Å²) in [5.74, 6) is -0.0486. The standard InChI is InChI=1S/C19H26ClN3O2/c1-13-11-17(8-9-21-13)22-18(24)15-3-2-10-23(12-15)19(25)14-4-6-16(20)7-5-14/h4-7,13,15,17,21H,2-3,8-12H2,1H3,(H,22,24). The minimum atomic E-state index is -0.116. The van der Waals surface area contributed by atoms with Gasteiger partial charge in [0.05, 0.1) is 5.92 Å². The van der Waals surface area contributed by atoms with Crippen molar-refractivity contribution in [1.29, 1.82) is 0 Å². The molecular formula is C19H26ClN3O2. The predicted molar refractivity (Wildman–Crippen MR) is 98.7 cm³/mol. The maximum absolute atomic E-state index is 12.7. The monoisotopic (exact) mass is 363 g/mol. The molecule has 0 radical (unpaired) electrons. The molecule has 1 aromatic carbocycles. The summed E-state index contributed by atoms with van der Waals surface area (Å²) in [6, 6.07) is 7.61. The van der Waals surface area contributed by atoms with Crippen LogP contribution in [-0.4, -0.2) is 48.4 Å². The van der Waals surface area contributed by atoms with Gasteiger partial charge in [-0.3, -0.25) is 9.59 Å². The molecule has 2 aliphatic rings. The number of rotatable bonds is 3. The van der Waals surface area contributed by atoms with E-state index in [1.165, 1.54) is 0 Å². The van der Waals surface area contributed by atoms with Crippen LogP contribution in [0.3, 0.4) is 0 Å². The van der Waals surface area contributed by atoms with Gasteiger partial charge in [0.25, 0.3) is 5.91 Å². The molecule has 0 aromatic heterocycles. The van der Waals surface area contributed by atoms with Gasteiger partial charge in [-0.05, 0) is 63.4 Å². The molecule has 0 saturated carbocycles. The van der Waals surface area contributed by atoms with E-state index in [-0.39, 0.29) is 23.8 Å². The van der Waals surface area contributed by atoms with Gasteiger partial charge in [-0.25, -0.2) is 0 Å². The normalized spacial score (nSPS) is 27.0. The third-order valence-electron chi connectivity index (χ3n) is 5.14. The Balaban J connectivity index is 1.57. The number of halogens is 1. The summed E-state index contributed by atoms with van der Waals surface area (Å²) in [6.45, 7) is 4.28. The second-order valence-electron chi connectivity index (χ2n) is 7.18. The Kier molecular flexibility index (Phi) is 5.97. The summed E-state index contributed by atoms with van der Waals surface area (Å²) < 4.78 is 0. The van der Waals surface area contributed by atoms with Crippen LogP contribution in [0.25, 0.3) is 0 Å². The van der Waals surface area contributed by atoms with Crippen molar-refractivity contribution < 1.29 is 9.59 Å². The molecule has 0 spiro atoms. The number of carbonyl (C=O) groups is 2. The van der Waals surface area contributed by atoms with E-state index in [4.69, 9.17) is 11.6 Å². The largest absolute Gasteiger partial charge is 0.353 e. The fraction of sp³-hybridized carbons (Fsp3) is 0.579. The van der Waals surface area contributed by atoms with Gasteiger partial charge in [0.2, 0.25) is 5.91 Å². The number of nitrogens with one attached hydrogen (secondary N) is 2. The van der Waals surface area contributed by atoms with E-state index in [0.717, 1.165) is 32.2 Å². The van der Waals surface area contributed by atoms with Gasteiger partial charge < -0.3 is 15.5 Å². The first-order chi connectivity index (χ1) is 12.0. The van der Waals surface area contributed by atoms with Gasteiger partial charge in [0, 0.05) is 35.8 Å². The minimum absolute atomic E-state index is 0.0235. The molecule has 3 unspecified atom stereocenters. The first kappa shape index (κ1) is 18.2. The van der Waals surface area contributed by atoms with E-state index in [1.54, 1.807) is 29.2 Å². The fourth-order valence-corrected chi connectivity index (χ4v) is 3.86. The van der Waals surface area contributed by atoms with E-state index in [9.17, 15) is 9.59 Å². The van der Waals surface area contributed by atoms with Crippen molar-refractivity contribution in [3.8, 4) is 0 Å². The van der Waals surface area contributed by atoms with Crippen molar-refractivity contribution in [2.24, 2.45) is 5.92 Å². The number of benzene rings is 1. The summed E-state index contributed by atoms with van der Waals surface area (Å²) in [6.07, 6.45) is 3.64. The lowest BCUT2D eigenvalue weighted by molar-refractivity contribution is -0.127. The van der Waals surface area contributed by atoms with Crippen LogP contribution < -0.4 is 10.6 Å². The third kappa shape index (κ3) is 4.73. The highest BCUT2D eigenvalue weighted by atomic mass is 35.5. The molecule has 2 heterocycles. The van der Waals surface area contributed by atoms with Gasteiger partial charge in [0.1, 0.15) is 0 Å². The van der Waals surface area contributed by atoms with Gasteiger partial charge in [-0.2, -0.15) is 0 Å². The Hall–Kier alpha value is -1.59. The van der Waals surface area contributed by atoms with E-state index < -0.39 is 0 Å². The van der Waals surface area contributed by atoms with Crippen molar-refractivity contribution in [1.82, 2.24) is 15.5 Å². The van der Waals surface area contributed by atoms with E-state index in [1.807, 2.05) is 0 Å². The second kappa shape index (κ2) is 8.19. The Morgan fingerprint density at radius 1 is 1.24 bits per heavy atom. The second-order valence-corrected chi connectivity index (χ2v) is 7.62. The quantitative estimate of drug-likeness (QED) is 0.867. The molecule has 0 aliphatic carbocycles. The summed E-state index contributed by atoms with van der Waals surface area (Å²) in [7, 11) is 0. The zero-order chi connectivity index (χ0) is 17.8. The summed E-state index contributed by atoms with van der Waals surface area (Å²) in [4.78, 5) is 27.1. The number of hydrogen-bond acceptors (Lipinski definition) is 3. The Bertz CT molecular complexity index is 620. The van der Waals surface area contributed by atoms with Gasteiger partial charge >= 0.3 is 0 Å². The highest BCUT2D eigenvalue weighted by Crippen LogP contribution is 2.20. The van der Waals surface area contributed by atoms with Gasteiger partial charge in [-0.1, -0.05) is 11.6 Å². The number of hydrogen-bond donors (Lipinski definition) is 2. The lowest BCUT2D eigenvalue weighted by Gasteiger charge is -2.34. The van der Waals surface area contributed by atoms with Crippen LogP contribution in [0.4, 0.5) is 0 Å². The van der Waals surface area contributed by atoms with Crippen molar-refractivity contribution in [3.63, 3.8) is 0 Å². The summed E-state index contributed by atoms with van der Waals surface area (Å²) in [5, 5.41) is 7.20. The SMILES string of the molecule is CC1CC(NC(=O)C2CCCN(C(=O)c3ccc(Cl)cc3)C2)CCN1. The maximum atomic E-state index is 12.7. The average Bonchev–Trinajstić information content (AvgIpc) is 2.62. The number of likely N-dealkylation sites (tertiary alicyclic amines) is 1. The predicted octanol–water partition coefficient (Wildman–Crippen LogP) is 2.45. The van der Waals surface area contributed by atoms with Crippen LogP contribution in [-0.2, 0) is 4.79 Å². The Morgan fingerprint density at radius 2 is 2.00 bits per heavy atom. The molecular weight excluding hydrogens is 338 g/mol. The van der Waals surface area contributed by atoms with Crippen molar-refractivity contribution in [2.75, 3.05) is 19.6 Å². The first-order valence-corrected chi connectivity index (χ1v) is 9.49. The third-order valence-corrected chi connectivity index (χ3v) is 5.39. The molecule has 6 heteroatoms. The molecule has 3 rings (SSSR count). The van der Waals surface area contributed by atoms with Crippen LogP contribution in [0.15, 0.2) is 24.3 Å². The van der Waals surface area contributed by atoms with E-state index in [0.29, 0.717) is 29.7 Å². The highest BCUT2D eigenvalue weighted by molar-refractivity contribution is 6.30. The molecule has 3 atom stereocenters. The number of piperidine rings is 2. The molecule has 25 heavy (non-hydrogen) atoms.